The van der Waals surface area contributed by atoms with Crippen molar-refractivity contribution in [3.8, 4) is 11.3 Å². The molecule has 0 radical (unpaired) electrons. The number of carbonyl (C=O) groups excluding carboxylic acids is 2. The fourth-order valence-corrected chi connectivity index (χ4v) is 4.98. The van der Waals surface area contributed by atoms with Crippen LogP contribution in [-0.4, -0.2) is 41.3 Å². The lowest BCUT2D eigenvalue weighted by Gasteiger charge is -2.34. The van der Waals surface area contributed by atoms with Crippen LogP contribution in [0.4, 0.5) is 0 Å². The summed E-state index contributed by atoms with van der Waals surface area (Å²) in [5.74, 6) is -2.23. The van der Waals surface area contributed by atoms with Gasteiger partial charge in [-0.05, 0) is 38.8 Å². The second-order valence-corrected chi connectivity index (χ2v) is 9.52. The van der Waals surface area contributed by atoms with E-state index < -0.39 is 28.5 Å². The van der Waals surface area contributed by atoms with Gasteiger partial charge in [0.05, 0.1) is 12.3 Å². The van der Waals surface area contributed by atoms with Gasteiger partial charge in [-0.25, -0.2) is 4.98 Å². The Hall–Kier alpha value is -2.48. The molecule has 3 rings (SSSR count). The summed E-state index contributed by atoms with van der Waals surface area (Å²) >= 11 is 6.00. The third-order valence-electron chi connectivity index (χ3n) is 5.69. The van der Waals surface area contributed by atoms with Gasteiger partial charge in [0.2, 0.25) is 0 Å². The van der Waals surface area contributed by atoms with Crippen LogP contribution in [0.5, 0.6) is 0 Å². The Morgan fingerprint density at radius 3 is 2.52 bits per heavy atom. The van der Waals surface area contributed by atoms with Crippen molar-refractivity contribution in [3.05, 3.63) is 76.1 Å². The molecule has 5 nitrogen and oxygen atoms in total. The highest BCUT2D eigenvalue weighted by Crippen LogP contribution is 2.35. The van der Waals surface area contributed by atoms with Gasteiger partial charge in [0.1, 0.15) is 10.6 Å². The predicted molar refractivity (Wildman–Crippen MR) is 135 cm³/mol. The second-order valence-electron chi connectivity index (χ2n) is 8.01. The summed E-state index contributed by atoms with van der Waals surface area (Å²) in [7, 11) is 1.47. The van der Waals surface area contributed by atoms with Crippen molar-refractivity contribution in [2.75, 3.05) is 13.7 Å². The maximum absolute atomic E-state index is 13.8. The number of thiol groups is 1. The minimum absolute atomic E-state index is 0.163. The highest BCUT2D eigenvalue weighted by Gasteiger charge is 2.48. The first kappa shape index (κ1) is 25.1. The molecule has 0 spiro atoms. The average Bonchev–Trinajstić information content (AvgIpc) is 3.29. The lowest BCUT2D eigenvalue weighted by atomic mass is 9.85. The van der Waals surface area contributed by atoms with Crippen LogP contribution in [0.2, 0.25) is 0 Å². The van der Waals surface area contributed by atoms with Gasteiger partial charge in [-0.1, -0.05) is 54.1 Å². The lowest BCUT2D eigenvalue weighted by Crippen LogP contribution is -2.50. The van der Waals surface area contributed by atoms with E-state index in [4.69, 9.17) is 22.1 Å². The molecule has 0 saturated carbocycles. The molecular formula is C26H29NO4S2. The molecule has 1 aromatic heterocycles. The highest BCUT2D eigenvalue weighted by atomic mass is 32.1. The van der Waals surface area contributed by atoms with Crippen molar-refractivity contribution in [3.63, 3.8) is 0 Å². The first-order valence-electron chi connectivity index (χ1n) is 10.8. The van der Waals surface area contributed by atoms with Gasteiger partial charge in [-0.3, -0.25) is 9.59 Å². The van der Waals surface area contributed by atoms with E-state index in [2.05, 4.69) is 4.98 Å². The molecule has 3 aromatic rings. The number of rotatable bonds is 10. The predicted octanol–water partition coefficient (Wildman–Crippen LogP) is 5.28. The minimum atomic E-state index is -1.33. The molecule has 3 atom stereocenters. The second kappa shape index (κ2) is 11.1. The number of aromatic nitrogens is 1. The number of ether oxygens (including phenoxy) is 2. The number of aryl methyl sites for hydroxylation is 1. The summed E-state index contributed by atoms with van der Waals surface area (Å²) in [6.07, 6.45) is 0.502. The first-order chi connectivity index (χ1) is 15.8. The molecule has 0 aliphatic heterocycles. The molecule has 0 amide bonds. The van der Waals surface area contributed by atoms with E-state index in [1.807, 2.05) is 66.9 Å². The summed E-state index contributed by atoms with van der Waals surface area (Å²) < 4.78 is 11.0. The SMILES string of the molecule is CCOC(=O)C(C(=O)C(C)(OC)C(S)Cc1ccccc1)c1nc(-c2cccc(C)c2)cs1. The van der Waals surface area contributed by atoms with Crippen molar-refractivity contribution >= 4 is 35.7 Å². The van der Waals surface area contributed by atoms with Gasteiger partial charge < -0.3 is 9.47 Å². The molecule has 2 aromatic carbocycles. The Kier molecular flexibility index (Phi) is 8.46. The van der Waals surface area contributed by atoms with E-state index in [9.17, 15) is 9.59 Å². The van der Waals surface area contributed by atoms with E-state index in [0.717, 1.165) is 16.7 Å². The number of methoxy groups -OCH3 is 1. The van der Waals surface area contributed by atoms with E-state index in [-0.39, 0.29) is 6.61 Å². The van der Waals surface area contributed by atoms with Crippen LogP contribution in [0.3, 0.4) is 0 Å². The molecule has 0 fully saturated rings. The van der Waals surface area contributed by atoms with Crippen molar-refractivity contribution in [2.45, 2.75) is 44.0 Å². The number of benzene rings is 2. The number of carbonyl (C=O) groups is 2. The van der Waals surface area contributed by atoms with Crippen LogP contribution in [0.25, 0.3) is 11.3 Å². The molecule has 7 heteroatoms. The third-order valence-corrected chi connectivity index (χ3v) is 7.27. The monoisotopic (exact) mass is 483 g/mol. The third kappa shape index (κ3) is 5.72. The van der Waals surface area contributed by atoms with E-state index in [1.54, 1.807) is 13.8 Å². The lowest BCUT2D eigenvalue weighted by molar-refractivity contribution is -0.154. The van der Waals surface area contributed by atoms with Gasteiger partial charge in [0, 0.05) is 23.3 Å². The van der Waals surface area contributed by atoms with E-state index >= 15 is 0 Å². The number of Topliss-reactive ketones (excluding diaryl/α,β-unsaturated/α-hetero) is 1. The quantitative estimate of drug-likeness (QED) is 0.241. The molecule has 0 N–H and O–H groups in total. The molecule has 1 heterocycles. The fraction of sp³-hybridized carbons (Fsp3) is 0.346. The Labute approximate surface area is 204 Å². The number of nitrogens with zero attached hydrogens (tertiary/aromatic N) is 1. The molecule has 0 aliphatic carbocycles. The Balaban J connectivity index is 1.95. The zero-order valence-electron chi connectivity index (χ0n) is 19.3. The summed E-state index contributed by atoms with van der Waals surface area (Å²) in [6.45, 7) is 5.56. The van der Waals surface area contributed by atoms with Gasteiger partial charge in [0.15, 0.2) is 11.7 Å². The summed E-state index contributed by atoms with van der Waals surface area (Å²) in [4.78, 5) is 31.5. The van der Waals surface area contributed by atoms with Gasteiger partial charge >= 0.3 is 5.97 Å². The minimum Gasteiger partial charge on any atom is -0.465 e. The zero-order valence-corrected chi connectivity index (χ0v) is 21.0. The molecule has 3 unspecified atom stereocenters. The van der Waals surface area contributed by atoms with E-state index in [1.165, 1.54) is 18.4 Å². The van der Waals surface area contributed by atoms with Crippen molar-refractivity contribution in [1.82, 2.24) is 4.98 Å². The molecule has 0 aliphatic rings. The summed E-state index contributed by atoms with van der Waals surface area (Å²) in [6, 6.07) is 17.7. The van der Waals surface area contributed by atoms with Crippen molar-refractivity contribution in [2.24, 2.45) is 0 Å². The van der Waals surface area contributed by atoms with Crippen LogP contribution in [0.15, 0.2) is 60.0 Å². The molecule has 33 heavy (non-hydrogen) atoms. The van der Waals surface area contributed by atoms with Crippen molar-refractivity contribution in [1.29, 1.82) is 0 Å². The molecule has 0 bridgehead atoms. The summed E-state index contributed by atoms with van der Waals surface area (Å²) in [5, 5.41) is 1.76. The van der Waals surface area contributed by atoms with Crippen LogP contribution < -0.4 is 0 Å². The number of hydrogen-bond donors (Lipinski definition) is 1. The first-order valence-corrected chi connectivity index (χ1v) is 12.2. The normalized spacial score (nSPS) is 14.8. The fourth-order valence-electron chi connectivity index (χ4n) is 3.62. The van der Waals surface area contributed by atoms with Gasteiger partial charge in [-0.15, -0.1) is 11.3 Å². The highest BCUT2D eigenvalue weighted by molar-refractivity contribution is 7.81. The Morgan fingerprint density at radius 1 is 1.15 bits per heavy atom. The smallest absolute Gasteiger partial charge is 0.323 e. The van der Waals surface area contributed by atoms with Gasteiger partial charge in [-0.2, -0.15) is 12.6 Å². The molecule has 0 saturated heterocycles. The van der Waals surface area contributed by atoms with Crippen molar-refractivity contribution < 1.29 is 19.1 Å². The Morgan fingerprint density at radius 2 is 1.88 bits per heavy atom. The number of esters is 1. The number of hydrogen-bond acceptors (Lipinski definition) is 7. The Bertz CT molecular complexity index is 1100. The largest absolute Gasteiger partial charge is 0.465 e. The average molecular weight is 484 g/mol. The topological polar surface area (TPSA) is 65.5 Å². The summed E-state index contributed by atoms with van der Waals surface area (Å²) in [5.41, 5.74) is 2.44. The van der Waals surface area contributed by atoms with Crippen LogP contribution in [0, 0.1) is 6.92 Å². The van der Waals surface area contributed by atoms with Gasteiger partial charge in [0.25, 0.3) is 0 Å². The maximum Gasteiger partial charge on any atom is 0.323 e. The standard InChI is InChI=1S/C26H29NO4S2/c1-5-31-25(29)22(24-27-20(16-33-24)19-13-9-10-17(2)14-19)23(28)26(3,30-4)21(32)15-18-11-7-6-8-12-18/h6-14,16,21-22,32H,5,15H2,1-4H3. The molecular weight excluding hydrogens is 454 g/mol. The molecule has 174 valence electrons. The number of thiazole rings is 1. The van der Waals surface area contributed by atoms with Crippen LogP contribution in [-0.2, 0) is 25.5 Å². The zero-order chi connectivity index (χ0) is 24.0. The number of ketones is 1. The van der Waals surface area contributed by atoms with E-state index in [0.29, 0.717) is 17.1 Å². The van der Waals surface area contributed by atoms with Crippen LogP contribution in [0.1, 0.15) is 35.9 Å². The maximum atomic E-state index is 13.8. The van der Waals surface area contributed by atoms with Crippen LogP contribution >= 0.6 is 24.0 Å².